The van der Waals surface area contributed by atoms with Crippen LogP contribution in [-0.2, 0) is 4.79 Å². The summed E-state index contributed by atoms with van der Waals surface area (Å²) in [4.78, 5) is 13.9. The molecule has 0 radical (unpaired) electrons. The maximum Gasteiger partial charge on any atom is 0.133 e. The summed E-state index contributed by atoms with van der Waals surface area (Å²) in [5, 5.41) is 0. The lowest BCUT2D eigenvalue weighted by atomic mass is 9.75. The van der Waals surface area contributed by atoms with E-state index in [1.807, 2.05) is 6.07 Å². The molecule has 0 aliphatic heterocycles. The van der Waals surface area contributed by atoms with Crippen molar-refractivity contribution >= 4 is 5.78 Å². The summed E-state index contributed by atoms with van der Waals surface area (Å²) in [6.07, 6.45) is 2.53. The van der Waals surface area contributed by atoms with Crippen molar-refractivity contribution in [2.45, 2.75) is 25.2 Å². The van der Waals surface area contributed by atoms with E-state index in [1.165, 1.54) is 5.56 Å². The number of ketones is 1. The molecule has 2 heteroatoms. The van der Waals surface area contributed by atoms with Gasteiger partial charge in [-0.15, -0.1) is 0 Å². The lowest BCUT2D eigenvalue weighted by Gasteiger charge is -2.33. The Hall–Kier alpha value is -1.15. The predicted molar refractivity (Wildman–Crippen MR) is 70.1 cm³/mol. The smallest absolute Gasteiger partial charge is 0.133 e. The van der Waals surface area contributed by atoms with Crippen LogP contribution in [0.5, 0.6) is 0 Å². The molecule has 1 saturated carbocycles. The molecule has 1 aliphatic rings. The van der Waals surface area contributed by atoms with Gasteiger partial charge in [-0.3, -0.25) is 4.79 Å². The Morgan fingerprint density at radius 3 is 2.59 bits per heavy atom. The minimum Gasteiger partial charge on any atom is -0.309 e. The molecule has 1 aromatic carbocycles. The number of carbonyl (C=O) groups is 1. The first-order chi connectivity index (χ1) is 8.16. The number of rotatable bonds is 3. The Balaban J connectivity index is 2.17. The number of hydrogen-bond donors (Lipinski definition) is 0. The van der Waals surface area contributed by atoms with Crippen LogP contribution in [0.4, 0.5) is 0 Å². The molecule has 0 saturated heterocycles. The zero-order chi connectivity index (χ0) is 12.3. The second-order valence-corrected chi connectivity index (χ2v) is 5.32. The summed E-state index contributed by atoms with van der Waals surface area (Å²) < 4.78 is 0. The van der Waals surface area contributed by atoms with Crippen LogP contribution in [-0.4, -0.2) is 31.3 Å². The molecule has 17 heavy (non-hydrogen) atoms. The summed E-state index contributed by atoms with van der Waals surface area (Å²) in [7, 11) is 4.22. The van der Waals surface area contributed by atoms with E-state index in [-0.39, 0.29) is 0 Å². The highest BCUT2D eigenvalue weighted by Gasteiger charge is 2.30. The first-order valence-electron chi connectivity index (χ1n) is 6.38. The topological polar surface area (TPSA) is 20.3 Å². The van der Waals surface area contributed by atoms with Crippen molar-refractivity contribution in [1.82, 2.24) is 4.90 Å². The average Bonchev–Trinajstić information content (AvgIpc) is 2.32. The fourth-order valence-electron chi connectivity index (χ4n) is 2.84. The van der Waals surface area contributed by atoms with Crippen LogP contribution in [0.2, 0.25) is 0 Å². The van der Waals surface area contributed by atoms with E-state index < -0.39 is 0 Å². The molecule has 0 unspecified atom stereocenters. The third-order valence-corrected chi connectivity index (χ3v) is 3.64. The van der Waals surface area contributed by atoms with E-state index in [0.29, 0.717) is 17.6 Å². The zero-order valence-electron chi connectivity index (χ0n) is 10.7. The highest BCUT2D eigenvalue weighted by molar-refractivity contribution is 5.80. The molecular weight excluding hydrogens is 210 g/mol. The fourth-order valence-corrected chi connectivity index (χ4v) is 2.84. The number of nitrogens with zero attached hydrogens (tertiary/aromatic N) is 1. The van der Waals surface area contributed by atoms with Gasteiger partial charge in [0.2, 0.25) is 0 Å². The molecule has 2 nitrogen and oxygen atoms in total. The summed E-state index contributed by atoms with van der Waals surface area (Å²) in [5.74, 6) is 1.46. The first-order valence-corrected chi connectivity index (χ1v) is 6.38. The van der Waals surface area contributed by atoms with Gasteiger partial charge in [-0.05, 0) is 37.9 Å². The van der Waals surface area contributed by atoms with E-state index in [4.69, 9.17) is 0 Å². The van der Waals surface area contributed by atoms with Crippen molar-refractivity contribution in [1.29, 1.82) is 0 Å². The maximum absolute atomic E-state index is 11.7. The van der Waals surface area contributed by atoms with Gasteiger partial charge in [-0.25, -0.2) is 0 Å². The van der Waals surface area contributed by atoms with Gasteiger partial charge < -0.3 is 4.90 Å². The molecule has 1 fully saturated rings. The predicted octanol–water partition coefficient (Wildman–Crippen LogP) is 2.70. The molecule has 1 aliphatic carbocycles. The van der Waals surface area contributed by atoms with Gasteiger partial charge in [0.05, 0.1) is 0 Å². The molecule has 2 rings (SSSR count). The molecular formula is C15H21NO. The Labute approximate surface area is 104 Å². The highest BCUT2D eigenvalue weighted by Crippen LogP contribution is 2.36. The zero-order valence-corrected chi connectivity index (χ0v) is 10.7. The molecule has 0 heterocycles. The van der Waals surface area contributed by atoms with Gasteiger partial charge in [0.25, 0.3) is 0 Å². The first kappa shape index (κ1) is 12.3. The third-order valence-electron chi connectivity index (χ3n) is 3.64. The Morgan fingerprint density at radius 2 is 1.94 bits per heavy atom. The quantitative estimate of drug-likeness (QED) is 0.797. The van der Waals surface area contributed by atoms with Crippen LogP contribution < -0.4 is 0 Å². The van der Waals surface area contributed by atoms with Gasteiger partial charge in [-0.2, -0.15) is 0 Å². The van der Waals surface area contributed by atoms with E-state index in [0.717, 1.165) is 25.8 Å². The molecule has 0 amide bonds. The van der Waals surface area contributed by atoms with Crippen LogP contribution in [0.3, 0.4) is 0 Å². The number of hydrogen-bond acceptors (Lipinski definition) is 2. The molecule has 2 atom stereocenters. The van der Waals surface area contributed by atoms with Crippen LogP contribution in [0.1, 0.15) is 30.7 Å². The van der Waals surface area contributed by atoms with Crippen molar-refractivity contribution in [3.8, 4) is 0 Å². The van der Waals surface area contributed by atoms with Gasteiger partial charge >= 0.3 is 0 Å². The van der Waals surface area contributed by atoms with Crippen molar-refractivity contribution < 1.29 is 4.79 Å². The van der Waals surface area contributed by atoms with Crippen LogP contribution in [0.15, 0.2) is 30.3 Å². The van der Waals surface area contributed by atoms with Crippen molar-refractivity contribution in [2.75, 3.05) is 20.6 Å². The summed E-state index contributed by atoms with van der Waals surface area (Å²) in [6.45, 7) is 1.08. The maximum atomic E-state index is 11.7. The molecule has 1 aromatic rings. The summed E-state index contributed by atoms with van der Waals surface area (Å²) >= 11 is 0. The Morgan fingerprint density at radius 1 is 1.24 bits per heavy atom. The average molecular weight is 231 g/mol. The lowest BCUT2D eigenvalue weighted by molar-refractivity contribution is -0.121. The molecule has 0 spiro atoms. The fraction of sp³-hybridized carbons (Fsp3) is 0.533. The van der Waals surface area contributed by atoms with E-state index in [9.17, 15) is 4.79 Å². The van der Waals surface area contributed by atoms with Gasteiger partial charge in [-0.1, -0.05) is 30.3 Å². The molecule has 92 valence electrons. The summed E-state index contributed by atoms with van der Waals surface area (Å²) in [5.41, 5.74) is 1.33. The Kier molecular flexibility index (Phi) is 3.95. The van der Waals surface area contributed by atoms with Crippen LogP contribution >= 0.6 is 0 Å². The lowest BCUT2D eigenvalue weighted by Crippen LogP contribution is -2.31. The van der Waals surface area contributed by atoms with E-state index >= 15 is 0 Å². The number of carbonyl (C=O) groups excluding carboxylic acids is 1. The molecule has 0 aromatic heterocycles. The Bertz CT molecular complexity index is 372. The minimum absolute atomic E-state index is 0.417. The second kappa shape index (κ2) is 5.46. The van der Waals surface area contributed by atoms with Crippen molar-refractivity contribution in [3.05, 3.63) is 35.9 Å². The van der Waals surface area contributed by atoms with E-state index in [2.05, 4.69) is 43.3 Å². The number of Topliss-reactive ketones (excluding diaryl/α,β-unsaturated/α-hetero) is 1. The minimum atomic E-state index is 0.417. The number of benzene rings is 1. The van der Waals surface area contributed by atoms with Crippen molar-refractivity contribution in [2.24, 2.45) is 5.92 Å². The van der Waals surface area contributed by atoms with Crippen molar-refractivity contribution in [3.63, 3.8) is 0 Å². The van der Waals surface area contributed by atoms with Crippen LogP contribution in [0.25, 0.3) is 0 Å². The standard InChI is InChI=1S/C15H21NO/c1-16(2)11-13-8-9-14(17)10-15(13)12-6-4-3-5-7-12/h3-7,13,15H,8-11H2,1-2H3/t13-,15+/m1/s1. The van der Waals surface area contributed by atoms with Gasteiger partial charge in [0, 0.05) is 19.4 Å². The SMILES string of the molecule is CN(C)C[C@H]1CCC(=O)C[C@H]1c1ccccc1. The van der Waals surface area contributed by atoms with Crippen LogP contribution in [0, 0.1) is 5.92 Å². The largest absolute Gasteiger partial charge is 0.309 e. The summed E-state index contributed by atoms with van der Waals surface area (Å²) in [6, 6.07) is 10.5. The van der Waals surface area contributed by atoms with E-state index in [1.54, 1.807) is 0 Å². The third kappa shape index (κ3) is 3.16. The molecule has 0 N–H and O–H groups in total. The highest BCUT2D eigenvalue weighted by atomic mass is 16.1. The monoisotopic (exact) mass is 231 g/mol. The van der Waals surface area contributed by atoms with Gasteiger partial charge in [0.1, 0.15) is 5.78 Å². The van der Waals surface area contributed by atoms with Gasteiger partial charge in [0.15, 0.2) is 0 Å². The molecule has 0 bridgehead atoms. The normalized spacial score (nSPS) is 25.2. The second-order valence-electron chi connectivity index (χ2n) is 5.32.